The molecule has 0 saturated carbocycles. The molecule has 0 aromatic carbocycles. The van der Waals surface area contributed by atoms with Crippen molar-refractivity contribution in [2.24, 2.45) is 0 Å². The molecule has 0 bridgehead atoms. The van der Waals surface area contributed by atoms with E-state index in [9.17, 15) is 9.59 Å². The molecule has 1 saturated heterocycles. The van der Waals surface area contributed by atoms with E-state index in [-0.39, 0.29) is 12.8 Å². The lowest BCUT2D eigenvalue weighted by molar-refractivity contribution is -0.137. The fourth-order valence-electron chi connectivity index (χ4n) is 1.90. The van der Waals surface area contributed by atoms with Crippen LogP contribution in [0.2, 0.25) is 0 Å². The predicted molar refractivity (Wildman–Crippen MR) is 84.7 cm³/mol. The van der Waals surface area contributed by atoms with Gasteiger partial charge in [-0.2, -0.15) is 0 Å². The lowest BCUT2D eigenvalue weighted by Gasteiger charge is -2.18. The molecular formula is C16H26N2O4. The molecule has 0 spiro atoms. The van der Waals surface area contributed by atoms with E-state index >= 15 is 0 Å². The first-order chi connectivity index (χ1) is 10.4. The van der Waals surface area contributed by atoms with Crippen LogP contribution >= 0.6 is 0 Å². The van der Waals surface area contributed by atoms with E-state index in [0.29, 0.717) is 6.04 Å². The summed E-state index contributed by atoms with van der Waals surface area (Å²) >= 11 is 0. The lowest BCUT2D eigenvalue weighted by atomic mass is 10.1. The van der Waals surface area contributed by atoms with Crippen molar-refractivity contribution in [2.45, 2.75) is 45.6 Å². The third-order valence-electron chi connectivity index (χ3n) is 3.19. The van der Waals surface area contributed by atoms with E-state index < -0.39 is 11.9 Å². The summed E-state index contributed by atoms with van der Waals surface area (Å²) in [5, 5.41) is 15.4. The Morgan fingerprint density at radius 3 is 2.14 bits per heavy atom. The minimum atomic E-state index is -0.745. The Morgan fingerprint density at radius 2 is 1.82 bits per heavy atom. The second-order valence-electron chi connectivity index (χ2n) is 4.92. The lowest BCUT2D eigenvalue weighted by Crippen LogP contribution is -2.17. The van der Waals surface area contributed by atoms with Crippen LogP contribution in [0, 0.1) is 0 Å². The van der Waals surface area contributed by atoms with Gasteiger partial charge in [-0.15, -0.1) is 0 Å². The Morgan fingerprint density at radius 1 is 1.27 bits per heavy atom. The van der Waals surface area contributed by atoms with Crippen molar-refractivity contribution < 1.29 is 19.8 Å². The van der Waals surface area contributed by atoms with Crippen molar-refractivity contribution in [3.8, 4) is 0 Å². The van der Waals surface area contributed by atoms with Gasteiger partial charge >= 0.3 is 11.9 Å². The molecule has 1 atom stereocenters. The maximum Gasteiger partial charge on any atom is 0.303 e. The summed E-state index contributed by atoms with van der Waals surface area (Å²) in [6.45, 7) is 4.42. The number of aromatic nitrogens is 1. The largest absolute Gasteiger partial charge is 0.481 e. The van der Waals surface area contributed by atoms with E-state index in [1.807, 2.05) is 18.5 Å². The van der Waals surface area contributed by atoms with Crippen LogP contribution in [0.15, 0.2) is 24.5 Å². The minimum absolute atomic E-state index is 0.222. The van der Waals surface area contributed by atoms with Gasteiger partial charge in [0, 0.05) is 31.3 Å². The molecule has 1 fully saturated rings. The number of hydrogen-bond donors (Lipinski definition) is 2. The highest BCUT2D eigenvalue weighted by Gasteiger charge is 2.21. The highest BCUT2D eigenvalue weighted by Crippen LogP contribution is 2.29. The van der Waals surface area contributed by atoms with Gasteiger partial charge in [-0.3, -0.25) is 19.5 Å². The third-order valence-corrected chi connectivity index (χ3v) is 3.19. The third kappa shape index (κ3) is 9.07. The monoisotopic (exact) mass is 310 g/mol. The summed E-state index contributed by atoms with van der Waals surface area (Å²) in [5.74, 6) is -1.49. The molecule has 2 rings (SSSR count). The first-order valence-corrected chi connectivity index (χ1v) is 7.46. The quantitative estimate of drug-likeness (QED) is 0.892. The second-order valence-corrected chi connectivity index (χ2v) is 4.92. The second kappa shape index (κ2) is 11.7. The molecule has 1 aromatic heterocycles. The molecule has 124 valence electrons. The first kappa shape index (κ1) is 20.1. The molecule has 0 radical (unpaired) electrons. The summed E-state index contributed by atoms with van der Waals surface area (Å²) in [7, 11) is 2.19. The number of nitrogens with zero attached hydrogens (tertiary/aromatic N) is 2. The van der Waals surface area contributed by atoms with Crippen molar-refractivity contribution in [3.05, 3.63) is 30.1 Å². The molecule has 2 N–H and O–H groups in total. The minimum Gasteiger partial charge on any atom is -0.481 e. The zero-order valence-electron chi connectivity index (χ0n) is 13.5. The normalized spacial score (nSPS) is 16.8. The summed E-state index contributed by atoms with van der Waals surface area (Å²) in [4.78, 5) is 25.3. The number of carboxylic acids is 2. The Labute approximate surface area is 131 Å². The smallest absolute Gasteiger partial charge is 0.303 e. The van der Waals surface area contributed by atoms with Gasteiger partial charge in [0.2, 0.25) is 0 Å². The van der Waals surface area contributed by atoms with Crippen molar-refractivity contribution in [1.29, 1.82) is 0 Å². The van der Waals surface area contributed by atoms with Gasteiger partial charge in [-0.05, 0) is 38.1 Å². The topological polar surface area (TPSA) is 90.7 Å². The molecular weight excluding hydrogens is 284 g/mol. The van der Waals surface area contributed by atoms with E-state index in [1.54, 1.807) is 13.8 Å². The summed E-state index contributed by atoms with van der Waals surface area (Å²) < 4.78 is 0. The molecule has 1 aliphatic rings. The van der Waals surface area contributed by atoms with E-state index in [1.165, 1.54) is 24.9 Å². The SMILES string of the molecule is CCC(=O)O.CCC(=O)O.CN1CCCC1c1cccnc1. The molecule has 6 nitrogen and oxygen atoms in total. The van der Waals surface area contributed by atoms with Gasteiger partial charge in [0.15, 0.2) is 0 Å². The molecule has 1 aliphatic heterocycles. The number of pyridine rings is 1. The van der Waals surface area contributed by atoms with Crippen LogP contribution in [0.1, 0.15) is 51.1 Å². The number of likely N-dealkylation sites (tertiary alicyclic amines) is 1. The van der Waals surface area contributed by atoms with Gasteiger partial charge in [0.25, 0.3) is 0 Å². The summed E-state index contributed by atoms with van der Waals surface area (Å²) in [5.41, 5.74) is 1.36. The van der Waals surface area contributed by atoms with Crippen LogP contribution in [0.3, 0.4) is 0 Å². The number of carboxylic acid groups (broad SMARTS) is 2. The Kier molecular flexibility index (Phi) is 10.6. The molecule has 0 aliphatic carbocycles. The van der Waals surface area contributed by atoms with Crippen molar-refractivity contribution in [2.75, 3.05) is 13.6 Å². The molecule has 1 aromatic rings. The van der Waals surface area contributed by atoms with Gasteiger partial charge in [-0.1, -0.05) is 19.9 Å². The Bertz CT molecular complexity index is 423. The first-order valence-electron chi connectivity index (χ1n) is 7.46. The molecule has 6 heteroatoms. The number of aliphatic carboxylic acids is 2. The predicted octanol–water partition coefficient (Wildman–Crippen LogP) is 2.81. The van der Waals surface area contributed by atoms with Crippen molar-refractivity contribution in [3.63, 3.8) is 0 Å². The van der Waals surface area contributed by atoms with Crippen LogP contribution < -0.4 is 0 Å². The maximum absolute atomic E-state index is 9.37. The van der Waals surface area contributed by atoms with Gasteiger partial charge in [-0.25, -0.2) is 0 Å². The fraction of sp³-hybridized carbons (Fsp3) is 0.562. The Balaban J connectivity index is 0.000000372. The average molecular weight is 310 g/mol. The molecule has 2 heterocycles. The zero-order chi connectivity index (χ0) is 17.0. The highest BCUT2D eigenvalue weighted by molar-refractivity contribution is 5.66. The van der Waals surface area contributed by atoms with E-state index in [2.05, 4.69) is 23.0 Å². The number of hydrogen-bond acceptors (Lipinski definition) is 4. The van der Waals surface area contributed by atoms with Gasteiger partial charge < -0.3 is 10.2 Å². The van der Waals surface area contributed by atoms with Gasteiger partial charge in [0.05, 0.1) is 0 Å². The average Bonchev–Trinajstić information content (AvgIpc) is 2.95. The van der Waals surface area contributed by atoms with E-state index in [0.717, 1.165) is 0 Å². The summed E-state index contributed by atoms with van der Waals surface area (Å²) in [6.07, 6.45) is 6.85. The van der Waals surface area contributed by atoms with Crippen LogP contribution in [-0.2, 0) is 9.59 Å². The van der Waals surface area contributed by atoms with Crippen LogP contribution in [0.4, 0.5) is 0 Å². The molecule has 0 amide bonds. The Hall–Kier alpha value is -1.95. The van der Waals surface area contributed by atoms with Crippen LogP contribution in [0.5, 0.6) is 0 Å². The van der Waals surface area contributed by atoms with E-state index in [4.69, 9.17) is 10.2 Å². The number of carbonyl (C=O) groups is 2. The maximum atomic E-state index is 9.37. The summed E-state index contributed by atoms with van der Waals surface area (Å²) in [6, 6.07) is 4.79. The highest BCUT2D eigenvalue weighted by atomic mass is 16.4. The van der Waals surface area contributed by atoms with Crippen LogP contribution in [-0.4, -0.2) is 45.6 Å². The fourth-order valence-corrected chi connectivity index (χ4v) is 1.90. The zero-order valence-corrected chi connectivity index (χ0v) is 13.5. The van der Waals surface area contributed by atoms with Crippen molar-refractivity contribution in [1.82, 2.24) is 9.88 Å². The standard InChI is InChI=1S/C10H14N2.2C3H6O2/c1-12-7-3-5-10(12)9-4-2-6-11-8-9;2*1-2-3(4)5/h2,4,6,8,10H,3,5,7H2,1H3;2*2H2,1H3,(H,4,5). The van der Waals surface area contributed by atoms with Crippen molar-refractivity contribution >= 4 is 11.9 Å². The van der Waals surface area contributed by atoms with Gasteiger partial charge in [0.1, 0.15) is 0 Å². The molecule has 1 unspecified atom stereocenters. The molecule has 22 heavy (non-hydrogen) atoms. The van der Waals surface area contributed by atoms with Crippen LogP contribution in [0.25, 0.3) is 0 Å². The number of rotatable bonds is 3.